The number of rotatable bonds is 15. The highest BCUT2D eigenvalue weighted by Gasteiger charge is 2.34. The van der Waals surface area contributed by atoms with Crippen LogP contribution in [0.2, 0.25) is 0 Å². The Kier molecular flexibility index (Phi) is 13.0. The minimum absolute atomic E-state index is 0.0868. The number of aliphatic hydroxyl groups excluding tert-OH is 2. The van der Waals surface area contributed by atoms with Crippen molar-refractivity contribution in [3.63, 3.8) is 0 Å². The van der Waals surface area contributed by atoms with Crippen molar-refractivity contribution >= 4 is 5.97 Å². The van der Waals surface area contributed by atoms with Gasteiger partial charge >= 0.3 is 5.97 Å². The van der Waals surface area contributed by atoms with Crippen LogP contribution < -0.4 is 0 Å². The Bertz CT molecular complexity index is 358. The fourth-order valence-electron chi connectivity index (χ4n) is 4.33. The predicted octanol–water partition coefficient (Wildman–Crippen LogP) is 5.00. The van der Waals surface area contributed by atoms with Crippen molar-refractivity contribution in [2.45, 2.75) is 116 Å². The zero-order valence-corrected chi connectivity index (χ0v) is 17.1. The second-order valence-electron chi connectivity index (χ2n) is 8.05. The quantitative estimate of drug-likeness (QED) is 0.314. The summed E-state index contributed by atoms with van der Waals surface area (Å²) < 4.78 is 4.94. The summed E-state index contributed by atoms with van der Waals surface area (Å²) in [4.78, 5) is 11.3. The molecule has 1 saturated carbocycles. The Morgan fingerprint density at radius 1 is 1.00 bits per heavy atom. The molecule has 1 unspecified atom stereocenters. The molecule has 0 aliphatic heterocycles. The van der Waals surface area contributed by atoms with Crippen molar-refractivity contribution in [2.75, 3.05) is 6.61 Å². The Morgan fingerprint density at radius 3 is 2.50 bits per heavy atom. The van der Waals surface area contributed by atoms with Crippen LogP contribution in [0.3, 0.4) is 0 Å². The van der Waals surface area contributed by atoms with Gasteiger partial charge in [0, 0.05) is 6.42 Å². The largest absolute Gasteiger partial charge is 0.466 e. The number of carbonyl (C=O) groups excluding carboxylic acids is 1. The van der Waals surface area contributed by atoms with E-state index in [1.54, 1.807) is 0 Å². The van der Waals surface area contributed by atoms with Gasteiger partial charge in [-0.1, -0.05) is 45.4 Å². The number of unbranched alkanes of at least 4 members (excludes halogenated alkanes) is 5. The molecule has 1 aliphatic carbocycles. The van der Waals surface area contributed by atoms with E-state index in [9.17, 15) is 15.0 Å². The highest BCUT2D eigenvalue weighted by Crippen LogP contribution is 2.39. The smallest absolute Gasteiger partial charge is 0.305 e. The lowest BCUT2D eigenvalue weighted by Gasteiger charge is -2.23. The first kappa shape index (κ1) is 23.4. The fraction of sp³-hybridized carbons (Fsp3) is 0.955. The SMILES string of the molecule is CCCCCC(O)CC[C@H]1CC[C@@H](O)[C@@H]1CCCCCCC(=O)OCC. The topological polar surface area (TPSA) is 66.8 Å². The van der Waals surface area contributed by atoms with Crippen LogP contribution >= 0.6 is 0 Å². The maximum absolute atomic E-state index is 11.3. The van der Waals surface area contributed by atoms with Crippen molar-refractivity contribution in [2.24, 2.45) is 11.8 Å². The van der Waals surface area contributed by atoms with Crippen LogP contribution in [0, 0.1) is 11.8 Å². The van der Waals surface area contributed by atoms with Crippen LogP contribution in [0.1, 0.15) is 104 Å². The van der Waals surface area contributed by atoms with Gasteiger partial charge < -0.3 is 14.9 Å². The molecule has 0 aromatic carbocycles. The summed E-state index contributed by atoms with van der Waals surface area (Å²) in [6.07, 6.45) is 13.9. The van der Waals surface area contributed by atoms with E-state index in [0.29, 0.717) is 24.9 Å². The molecule has 1 aliphatic rings. The maximum atomic E-state index is 11.3. The van der Waals surface area contributed by atoms with Gasteiger partial charge in [0.05, 0.1) is 18.8 Å². The van der Waals surface area contributed by atoms with Crippen LogP contribution in [0.5, 0.6) is 0 Å². The van der Waals surface area contributed by atoms with Gasteiger partial charge in [0.25, 0.3) is 0 Å². The third kappa shape index (κ3) is 9.91. The standard InChI is InChI=1S/C22H42O4/c1-3-5-8-11-19(23)16-14-18-15-17-21(24)20(18)12-9-6-7-10-13-22(25)26-4-2/h18-21,23-24H,3-17H2,1-2H3/t18-,19?,20+,21+/m0/s1. The molecule has 4 nitrogen and oxygen atoms in total. The average molecular weight is 371 g/mol. The molecule has 26 heavy (non-hydrogen) atoms. The van der Waals surface area contributed by atoms with E-state index in [4.69, 9.17) is 4.74 Å². The van der Waals surface area contributed by atoms with E-state index in [2.05, 4.69) is 6.92 Å². The lowest BCUT2D eigenvalue weighted by molar-refractivity contribution is -0.143. The Hall–Kier alpha value is -0.610. The first-order valence-corrected chi connectivity index (χ1v) is 11.1. The van der Waals surface area contributed by atoms with Gasteiger partial charge in [0.15, 0.2) is 0 Å². The van der Waals surface area contributed by atoms with Crippen molar-refractivity contribution in [1.29, 1.82) is 0 Å². The van der Waals surface area contributed by atoms with Crippen LogP contribution in [0.4, 0.5) is 0 Å². The maximum Gasteiger partial charge on any atom is 0.305 e. The lowest BCUT2D eigenvalue weighted by atomic mass is 9.85. The van der Waals surface area contributed by atoms with Gasteiger partial charge in [0.2, 0.25) is 0 Å². The Balaban J connectivity index is 2.15. The summed E-state index contributed by atoms with van der Waals surface area (Å²) in [6, 6.07) is 0. The van der Waals surface area contributed by atoms with Gasteiger partial charge in [-0.05, 0) is 63.7 Å². The molecule has 1 fully saturated rings. The second kappa shape index (κ2) is 14.4. The summed E-state index contributed by atoms with van der Waals surface area (Å²) in [5.74, 6) is 0.893. The molecular formula is C22H42O4. The minimum atomic E-state index is -0.164. The molecule has 0 bridgehead atoms. The average Bonchev–Trinajstić information content (AvgIpc) is 2.96. The molecule has 0 aromatic heterocycles. The van der Waals surface area contributed by atoms with Crippen molar-refractivity contribution < 1.29 is 19.7 Å². The zero-order chi connectivity index (χ0) is 19.2. The third-order valence-electron chi connectivity index (χ3n) is 5.92. The molecule has 0 amide bonds. The fourth-order valence-corrected chi connectivity index (χ4v) is 4.33. The van der Waals surface area contributed by atoms with Gasteiger partial charge in [-0.3, -0.25) is 4.79 Å². The van der Waals surface area contributed by atoms with Crippen LogP contribution in [-0.2, 0) is 9.53 Å². The molecule has 0 radical (unpaired) electrons. The van der Waals surface area contributed by atoms with E-state index < -0.39 is 0 Å². The lowest BCUT2D eigenvalue weighted by Crippen LogP contribution is -2.20. The summed E-state index contributed by atoms with van der Waals surface area (Å²) in [5, 5.41) is 20.5. The van der Waals surface area contributed by atoms with Gasteiger partial charge in [-0.25, -0.2) is 0 Å². The third-order valence-corrected chi connectivity index (χ3v) is 5.92. The number of hydrogen-bond acceptors (Lipinski definition) is 4. The number of hydrogen-bond donors (Lipinski definition) is 2. The molecule has 0 aromatic rings. The zero-order valence-electron chi connectivity index (χ0n) is 17.1. The Morgan fingerprint density at radius 2 is 1.77 bits per heavy atom. The highest BCUT2D eigenvalue weighted by molar-refractivity contribution is 5.69. The number of ether oxygens (including phenoxy) is 1. The highest BCUT2D eigenvalue weighted by atomic mass is 16.5. The van der Waals surface area contributed by atoms with Crippen LogP contribution in [0.15, 0.2) is 0 Å². The van der Waals surface area contributed by atoms with E-state index in [-0.39, 0.29) is 18.2 Å². The molecule has 0 spiro atoms. The molecule has 154 valence electrons. The summed E-state index contributed by atoms with van der Waals surface area (Å²) in [7, 11) is 0. The van der Waals surface area contributed by atoms with E-state index in [0.717, 1.165) is 70.6 Å². The normalized spacial score (nSPS) is 23.9. The van der Waals surface area contributed by atoms with Gasteiger partial charge in [0.1, 0.15) is 0 Å². The molecule has 0 heterocycles. The monoisotopic (exact) mass is 370 g/mol. The molecule has 2 N–H and O–H groups in total. The first-order valence-electron chi connectivity index (χ1n) is 11.1. The van der Waals surface area contributed by atoms with E-state index in [1.807, 2.05) is 6.92 Å². The van der Waals surface area contributed by atoms with Crippen molar-refractivity contribution in [1.82, 2.24) is 0 Å². The number of aliphatic hydroxyl groups is 2. The summed E-state index contributed by atoms with van der Waals surface area (Å²) in [6.45, 7) is 4.49. The van der Waals surface area contributed by atoms with Gasteiger partial charge in [-0.2, -0.15) is 0 Å². The number of esters is 1. The molecular weight excluding hydrogens is 328 g/mol. The van der Waals surface area contributed by atoms with Gasteiger partial charge in [-0.15, -0.1) is 0 Å². The minimum Gasteiger partial charge on any atom is -0.466 e. The number of carbonyl (C=O) groups is 1. The second-order valence-corrected chi connectivity index (χ2v) is 8.05. The van der Waals surface area contributed by atoms with E-state index in [1.165, 1.54) is 12.8 Å². The van der Waals surface area contributed by atoms with Crippen LogP contribution in [-0.4, -0.2) is 35.0 Å². The van der Waals surface area contributed by atoms with Crippen molar-refractivity contribution in [3.8, 4) is 0 Å². The predicted molar refractivity (Wildman–Crippen MR) is 106 cm³/mol. The first-order chi connectivity index (χ1) is 12.6. The summed E-state index contributed by atoms with van der Waals surface area (Å²) >= 11 is 0. The van der Waals surface area contributed by atoms with Crippen LogP contribution in [0.25, 0.3) is 0 Å². The molecule has 4 atom stereocenters. The Labute approximate surface area is 160 Å². The van der Waals surface area contributed by atoms with Crippen molar-refractivity contribution in [3.05, 3.63) is 0 Å². The molecule has 1 rings (SSSR count). The molecule has 0 saturated heterocycles. The summed E-state index contributed by atoms with van der Waals surface area (Å²) in [5.41, 5.74) is 0. The van der Waals surface area contributed by atoms with E-state index >= 15 is 0 Å². The molecule has 4 heteroatoms.